The normalized spacial score (nSPS) is 19.3. The van der Waals surface area contributed by atoms with Crippen LogP contribution in [0.2, 0.25) is 0 Å². The number of hydrogen-bond acceptors (Lipinski definition) is 2. The van der Waals surface area contributed by atoms with Crippen molar-refractivity contribution in [2.45, 2.75) is 38.1 Å². The van der Waals surface area contributed by atoms with Gasteiger partial charge in [-0.25, -0.2) is 0 Å². The maximum Gasteiger partial charge on any atom is 0.237 e. The third-order valence-electron chi connectivity index (χ3n) is 6.23. The molecule has 4 rings (SSSR count). The van der Waals surface area contributed by atoms with Gasteiger partial charge in [-0.05, 0) is 41.3 Å². The first-order valence-corrected chi connectivity index (χ1v) is 10.1. The van der Waals surface area contributed by atoms with Crippen LogP contribution in [-0.2, 0) is 15.0 Å². The van der Waals surface area contributed by atoms with Crippen molar-refractivity contribution in [1.82, 2.24) is 5.32 Å². The number of hydrogen-bond donors (Lipinski definition) is 1. The van der Waals surface area contributed by atoms with Gasteiger partial charge in [0.15, 0.2) is 0 Å². The number of likely N-dealkylation sites (N-methyl/N-ethyl adjacent to an activating group) is 1. The van der Waals surface area contributed by atoms with Gasteiger partial charge >= 0.3 is 0 Å². The zero-order chi connectivity index (χ0) is 20.6. The maximum absolute atomic E-state index is 13.1. The van der Waals surface area contributed by atoms with Crippen molar-refractivity contribution in [2.24, 2.45) is 0 Å². The molecule has 1 heterocycles. The molecule has 0 spiro atoms. The lowest BCUT2D eigenvalue weighted by molar-refractivity contribution is -0.130. The molecule has 1 aliphatic rings. The van der Waals surface area contributed by atoms with Crippen LogP contribution >= 0.6 is 0 Å². The summed E-state index contributed by atoms with van der Waals surface area (Å²) in [6.07, 6.45) is 0.738. The summed E-state index contributed by atoms with van der Waals surface area (Å²) in [5.41, 5.74) is 2.13. The smallest absolute Gasteiger partial charge is 0.237 e. The van der Waals surface area contributed by atoms with E-state index in [1.54, 1.807) is 11.9 Å². The largest absolute Gasteiger partial charge is 0.350 e. The summed E-state index contributed by atoms with van der Waals surface area (Å²) < 4.78 is 0. The van der Waals surface area contributed by atoms with E-state index in [1.165, 1.54) is 0 Å². The van der Waals surface area contributed by atoms with Gasteiger partial charge in [-0.15, -0.1) is 0 Å². The molecule has 0 fully saturated rings. The van der Waals surface area contributed by atoms with Gasteiger partial charge in [0.1, 0.15) is 0 Å². The van der Waals surface area contributed by atoms with Crippen LogP contribution in [0.25, 0.3) is 10.8 Å². The maximum atomic E-state index is 13.1. The number of fused-ring (bicyclic) bond motifs is 2. The third-order valence-corrected chi connectivity index (χ3v) is 6.23. The summed E-state index contributed by atoms with van der Waals surface area (Å²) in [5, 5.41) is 5.42. The first-order chi connectivity index (χ1) is 14.0. The molecule has 3 aromatic carbocycles. The summed E-state index contributed by atoms with van der Waals surface area (Å²) in [7, 11) is 1.79. The molecular weight excluding hydrogens is 360 g/mol. The summed E-state index contributed by atoms with van der Waals surface area (Å²) in [5.74, 6) is -0.111. The highest BCUT2D eigenvalue weighted by molar-refractivity contribution is 6.09. The van der Waals surface area contributed by atoms with Gasteiger partial charge in [-0.2, -0.15) is 0 Å². The number of anilines is 1. The molecule has 2 amide bonds. The molecule has 3 aromatic rings. The van der Waals surface area contributed by atoms with Gasteiger partial charge < -0.3 is 10.2 Å². The minimum Gasteiger partial charge on any atom is -0.350 e. The van der Waals surface area contributed by atoms with Crippen LogP contribution in [-0.4, -0.2) is 18.9 Å². The van der Waals surface area contributed by atoms with Gasteiger partial charge in [0.2, 0.25) is 11.8 Å². The number of carbonyl (C=O) groups excluding carboxylic acids is 2. The molecule has 4 heteroatoms. The van der Waals surface area contributed by atoms with Crippen molar-refractivity contribution in [3.8, 4) is 0 Å². The second kappa shape index (κ2) is 7.36. The van der Waals surface area contributed by atoms with Crippen molar-refractivity contribution >= 4 is 28.3 Å². The van der Waals surface area contributed by atoms with Crippen LogP contribution in [0.5, 0.6) is 0 Å². The quantitative estimate of drug-likeness (QED) is 0.689. The zero-order valence-corrected chi connectivity index (χ0v) is 17.1. The molecule has 148 valence electrons. The number of rotatable bonds is 5. The number of para-hydroxylation sites is 1. The van der Waals surface area contributed by atoms with Gasteiger partial charge in [-0.3, -0.25) is 9.59 Å². The fourth-order valence-corrected chi connectivity index (χ4v) is 4.63. The topological polar surface area (TPSA) is 49.4 Å². The molecule has 4 nitrogen and oxygen atoms in total. The minimum absolute atomic E-state index is 0.00540. The zero-order valence-electron chi connectivity index (χ0n) is 17.1. The van der Waals surface area contributed by atoms with Gasteiger partial charge in [0.05, 0.1) is 11.5 Å². The lowest BCUT2D eigenvalue weighted by atomic mass is 9.76. The van der Waals surface area contributed by atoms with Crippen molar-refractivity contribution in [1.29, 1.82) is 0 Å². The average molecular weight is 386 g/mol. The molecule has 1 aliphatic heterocycles. The van der Waals surface area contributed by atoms with Crippen LogP contribution in [0.15, 0.2) is 66.7 Å². The molecule has 2 atom stereocenters. The van der Waals surface area contributed by atoms with Crippen LogP contribution in [0.1, 0.15) is 43.9 Å². The fourth-order valence-electron chi connectivity index (χ4n) is 4.63. The Morgan fingerprint density at radius 2 is 1.72 bits per heavy atom. The van der Waals surface area contributed by atoms with E-state index < -0.39 is 5.41 Å². The van der Waals surface area contributed by atoms with Crippen LogP contribution < -0.4 is 10.2 Å². The average Bonchev–Trinajstić information content (AvgIpc) is 2.95. The molecule has 0 bridgehead atoms. The first kappa shape index (κ1) is 19.2. The van der Waals surface area contributed by atoms with E-state index in [9.17, 15) is 9.59 Å². The van der Waals surface area contributed by atoms with E-state index in [1.807, 2.05) is 62.4 Å². The first-order valence-electron chi connectivity index (χ1n) is 10.1. The predicted molar refractivity (Wildman–Crippen MR) is 117 cm³/mol. The Labute approximate surface area is 171 Å². The molecule has 0 aromatic heterocycles. The molecule has 0 aliphatic carbocycles. The second-order valence-electron chi connectivity index (χ2n) is 7.85. The number of nitrogens with one attached hydrogen (secondary N) is 1. The summed E-state index contributed by atoms with van der Waals surface area (Å²) >= 11 is 0. The van der Waals surface area contributed by atoms with Crippen LogP contribution in [0.3, 0.4) is 0 Å². The monoisotopic (exact) mass is 386 g/mol. The Morgan fingerprint density at radius 1 is 1.03 bits per heavy atom. The van der Waals surface area contributed by atoms with Crippen molar-refractivity contribution in [2.75, 3.05) is 11.9 Å². The molecule has 29 heavy (non-hydrogen) atoms. The Kier molecular flexibility index (Phi) is 4.87. The summed E-state index contributed by atoms with van der Waals surface area (Å²) in [4.78, 5) is 27.9. The molecular formula is C25H26N2O2. The molecule has 0 saturated carbocycles. The number of benzene rings is 3. The Balaban J connectivity index is 1.60. The standard InChI is InChI=1S/C25H26N2O2/c1-4-25(21-14-7-8-15-22(21)27(3)24(25)29)16-23(28)26-17(2)19-13-9-11-18-10-5-6-12-20(18)19/h5-15,17H,4,16H2,1-3H3,(H,26,28)/t17-,25-/m1/s1. The summed E-state index contributed by atoms with van der Waals surface area (Å²) in [6.45, 7) is 3.98. The highest BCUT2D eigenvalue weighted by atomic mass is 16.2. The lowest BCUT2D eigenvalue weighted by Crippen LogP contribution is -2.42. The SMILES string of the molecule is CC[C@]1(CC(=O)N[C@H](C)c2cccc3ccccc23)C(=O)N(C)c2ccccc21. The molecule has 1 N–H and O–H groups in total. The molecule has 0 radical (unpaired) electrons. The fraction of sp³-hybridized carbons (Fsp3) is 0.280. The Morgan fingerprint density at radius 3 is 2.52 bits per heavy atom. The van der Waals surface area contributed by atoms with Crippen molar-refractivity contribution in [3.05, 3.63) is 77.9 Å². The second-order valence-corrected chi connectivity index (χ2v) is 7.85. The highest BCUT2D eigenvalue weighted by Gasteiger charge is 2.49. The van der Waals surface area contributed by atoms with E-state index in [2.05, 4.69) is 23.5 Å². The van der Waals surface area contributed by atoms with E-state index in [-0.39, 0.29) is 24.3 Å². The van der Waals surface area contributed by atoms with Gasteiger partial charge in [0, 0.05) is 19.2 Å². The molecule has 0 saturated heterocycles. The van der Waals surface area contributed by atoms with E-state index >= 15 is 0 Å². The van der Waals surface area contributed by atoms with Crippen LogP contribution in [0, 0.1) is 0 Å². The number of amides is 2. The minimum atomic E-state index is -0.798. The van der Waals surface area contributed by atoms with Gasteiger partial charge in [-0.1, -0.05) is 67.6 Å². The van der Waals surface area contributed by atoms with E-state index in [0.29, 0.717) is 6.42 Å². The number of nitrogens with zero attached hydrogens (tertiary/aromatic N) is 1. The molecule has 0 unspecified atom stereocenters. The van der Waals surface area contributed by atoms with E-state index in [4.69, 9.17) is 0 Å². The van der Waals surface area contributed by atoms with E-state index in [0.717, 1.165) is 27.6 Å². The Hall–Kier alpha value is -3.14. The van der Waals surface area contributed by atoms with Crippen LogP contribution in [0.4, 0.5) is 5.69 Å². The number of carbonyl (C=O) groups is 2. The van der Waals surface area contributed by atoms with Crippen molar-refractivity contribution in [3.63, 3.8) is 0 Å². The predicted octanol–water partition coefficient (Wildman–Crippen LogP) is 4.73. The highest BCUT2D eigenvalue weighted by Crippen LogP contribution is 2.45. The third kappa shape index (κ3) is 3.09. The van der Waals surface area contributed by atoms with Crippen molar-refractivity contribution < 1.29 is 9.59 Å². The summed E-state index contributed by atoms with van der Waals surface area (Å²) in [6, 6.07) is 21.9. The lowest BCUT2D eigenvalue weighted by Gasteiger charge is -2.27. The van der Waals surface area contributed by atoms with Gasteiger partial charge in [0.25, 0.3) is 0 Å². The Bertz CT molecular complexity index is 1090.